The fraction of sp³-hybridized carbons (Fsp3) is 0.488. The summed E-state index contributed by atoms with van der Waals surface area (Å²) in [5, 5.41) is 16.4. The Morgan fingerprint density at radius 2 is 1.37 bits per heavy atom. The van der Waals surface area contributed by atoms with Crippen molar-refractivity contribution in [3.8, 4) is 0 Å². The van der Waals surface area contributed by atoms with E-state index in [1.807, 2.05) is 81.5 Å². The van der Waals surface area contributed by atoms with E-state index in [9.17, 15) is 62.3 Å². The molecule has 1 fully saturated rings. The number of hydrogen-bond acceptors (Lipinski definition) is 18. The van der Waals surface area contributed by atoms with Gasteiger partial charge in [-0.2, -0.15) is 0 Å². The number of hydrogen-bond donors (Lipinski definition) is 7. The molecule has 0 spiro atoms. The van der Waals surface area contributed by atoms with Crippen LogP contribution >= 0.6 is 23.5 Å². The van der Waals surface area contributed by atoms with Crippen molar-refractivity contribution in [1.82, 2.24) is 41.3 Å². The van der Waals surface area contributed by atoms with Crippen molar-refractivity contribution < 1.29 is 76.5 Å². The van der Waals surface area contributed by atoms with Gasteiger partial charge in [0.2, 0.25) is 35.4 Å². The van der Waals surface area contributed by atoms with Gasteiger partial charge in [-0.15, -0.1) is 30.1 Å². The molecule has 4 aliphatic heterocycles. The van der Waals surface area contributed by atoms with Crippen LogP contribution in [0.15, 0.2) is 149 Å². The largest absolute Gasteiger partial charge is 0.445 e. The SMILES string of the molecule is C=CC12CC(C)(SC3=CC(=O)N(C3=O)c3cc(C(=O)N[C@H](C(=O)N[C@@H](CCCNC(N)=O)C(=O)Nc4ccc(COC(=O)N(C)[C@H](C(=O)N[C@H](C(=O)N(C)[C@@H]([C@@H](C)CC)[C@@H](CC(=O)N5CCC[C@H]5[C@H](OC)[C@@H](C)C(=O)NC)OC)C(C)C)C(C)C)cc4)C(C)C)cc(c3)N3C(=O)C=C(S1)C3=O)C1=CC=C\C2=C/C=C\C=C/C=C\C1. The molecule has 1 saturated heterocycles. The van der Waals surface area contributed by atoms with Gasteiger partial charge in [0, 0.05) is 76.6 Å². The monoisotopic (exact) mass is 1610 g/mol. The summed E-state index contributed by atoms with van der Waals surface area (Å²) in [5.41, 5.74) is 7.15. The number of amides is 14. The third-order valence-corrected chi connectivity index (χ3v) is 24.5. The van der Waals surface area contributed by atoms with Crippen LogP contribution in [0.5, 0.6) is 0 Å². The molecule has 9 rings (SSSR count). The summed E-state index contributed by atoms with van der Waals surface area (Å²) in [4.78, 5) is 191. The number of likely N-dealkylation sites (tertiary alicyclic amines) is 1. The number of primary amides is 1. The molecular formula is C84H110N12O16S2. The highest BCUT2D eigenvalue weighted by atomic mass is 32.2. The number of nitrogens with two attached hydrogens (primary N) is 1. The second kappa shape index (κ2) is 39.7. The van der Waals surface area contributed by atoms with Crippen LogP contribution in [0.25, 0.3) is 0 Å². The van der Waals surface area contributed by atoms with Crippen LogP contribution < -0.4 is 47.4 Å². The van der Waals surface area contributed by atoms with Crippen LogP contribution in [-0.4, -0.2) is 198 Å². The van der Waals surface area contributed by atoms with E-state index in [1.54, 1.807) is 90.6 Å². The number of nitrogens with one attached hydrogen (secondary N) is 6. The Bertz CT molecular complexity index is 4300. The van der Waals surface area contributed by atoms with E-state index in [4.69, 9.17) is 19.9 Å². The van der Waals surface area contributed by atoms with Crippen LogP contribution in [0.3, 0.4) is 0 Å². The molecule has 2 aromatic carbocycles. The van der Waals surface area contributed by atoms with Crippen LogP contribution in [0.2, 0.25) is 0 Å². The molecule has 3 aliphatic carbocycles. The van der Waals surface area contributed by atoms with Crippen LogP contribution in [0.4, 0.5) is 26.7 Å². The number of likely N-dealkylation sites (N-methyl/N-ethyl adjacent to an activating group) is 2. The van der Waals surface area contributed by atoms with Crippen molar-refractivity contribution in [1.29, 1.82) is 0 Å². The summed E-state index contributed by atoms with van der Waals surface area (Å²) in [6, 6.07) is 3.37. The Morgan fingerprint density at radius 1 is 0.737 bits per heavy atom. The van der Waals surface area contributed by atoms with Gasteiger partial charge in [0.25, 0.3) is 29.5 Å². The highest BCUT2D eigenvalue weighted by Gasteiger charge is 2.50. The minimum atomic E-state index is -1.38. The number of thioether (sulfide) groups is 2. The number of methoxy groups -OCH3 is 2. The third kappa shape index (κ3) is 21.0. The maximum Gasteiger partial charge on any atom is 0.410 e. The van der Waals surface area contributed by atoms with E-state index in [2.05, 4.69) is 38.5 Å². The highest BCUT2D eigenvalue weighted by molar-refractivity contribution is 8.06. The number of benzene rings is 2. The lowest BCUT2D eigenvalue weighted by atomic mass is 9.81. The van der Waals surface area contributed by atoms with E-state index >= 15 is 0 Å². The summed E-state index contributed by atoms with van der Waals surface area (Å²) >= 11 is 2.32. The van der Waals surface area contributed by atoms with E-state index in [0.29, 0.717) is 31.4 Å². The molecular weight excluding hydrogens is 1500 g/mol. The number of carbonyl (C=O) groups is 13. The molecule has 10 bridgehead atoms. The highest BCUT2D eigenvalue weighted by Crippen LogP contribution is 2.56. The number of allylic oxidation sites excluding steroid dienone is 10. The van der Waals surface area contributed by atoms with Crippen molar-refractivity contribution in [3.63, 3.8) is 0 Å². The summed E-state index contributed by atoms with van der Waals surface area (Å²) in [6.45, 7) is 22.6. The Morgan fingerprint density at radius 3 is 1.96 bits per heavy atom. The first-order valence-electron chi connectivity index (χ1n) is 38.6. The molecule has 0 aromatic heterocycles. The predicted octanol–water partition coefficient (Wildman–Crippen LogP) is 8.98. The summed E-state index contributed by atoms with van der Waals surface area (Å²) in [7, 11) is 7.63. The standard InChI is InChI=1S/C84H110N12O16S2/c1-17-51(9)71(62(110-15)43-65(97)94-39-27-33-61(94)72(111-16)52(10)73(100)86-12)92(13)80(107)69(49(5)6)91-77(104)70(50(7)8)93(14)82(109)112-46-53-34-36-57(37-35-53)88-75(102)60(32-26-38-87-81(85)108)89-76(103)68(48(3)4)90-74(101)54-40-58-42-59(41-54)96-67(99)45-64(79(96)106)114-84(18-2)47-83(11,113-63-44-66(98)95(58)78(63)105)55-28-23-21-19-20-22-24-29-56(84)31-25-30-55/h18-25,29-31,34-37,40-42,44-45,48-52,60-62,68-72H,2,17,26-28,32-33,38-39,43,46-47H2,1,3-16H3,(H,86,100)(H,88,102)(H,89,103)(H,90,101)(H,91,104)(H3,85,87,108)/b20-19-,23-21-,24-22-,31-25?,55-30?,56-29+/t51-,52+,60-,61-,62+,68-,69-,70-,71-,72+,83?,84?/m0/s1. The molecule has 0 radical (unpaired) electrons. The molecule has 114 heavy (non-hydrogen) atoms. The van der Waals surface area contributed by atoms with Gasteiger partial charge in [-0.3, -0.25) is 57.6 Å². The van der Waals surface area contributed by atoms with Gasteiger partial charge >= 0.3 is 12.1 Å². The molecule has 0 saturated carbocycles. The normalized spacial score (nSPS) is 22.3. The predicted molar refractivity (Wildman–Crippen MR) is 440 cm³/mol. The second-order valence-electron chi connectivity index (χ2n) is 30.7. The Kier molecular flexibility index (Phi) is 31.1. The zero-order chi connectivity index (χ0) is 83.8. The van der Waals surface area contributed by atoms with Crippen molar-refractivity contribution in [3.05, 3.63) is 160 Å². The zero-order valence-corrected chi connectivity index (χ0v) is 69.3. The van der Waals surface area contributed by atoms with Gasteiger partial charge < -0.3 is 61.6 Å². The van der Waals surface area contributed by atoms with Gasteiger partial charge in [0.05, 0.1) is 62.6 Å². The Balaban J connectivity index is 0.943. The molecule has 14 amide bonds. The molecule has 30 heteroatoms. The number of imide groups is 2. The van der Waals surface area contributed by atoms with Crippen molar-refractivity contribution in [2.75, 3.05) is 63.6 Å². The average molecular weight is 1610 g/mol. The van der Waals surface area contributed by atoms with E-state index in [-0.39, 0.29) is 95.0 Å². The molecule has 2 unspecified atom stereocenters. The topological polar surface area (TPSA) is 364 Å². The average Bonchev–Trinajstić information content (AvgIpc) is 1.66. The lowest BCUT2D eigenvalue weighted by molar-refractivity contribution is -0.148. The van der Waals surface area contributed by atoms with E-state index in [1.165, 1.54) is 75.5 Å². The van der Waals surface area contributed by atoms with E-state index in [0.717, 1.165) is 44.0 Å². The molecule has 614 valence electrons. The van der Waals surface area contributed by atoms with Crippen LogP contribution in [0, 0.1) is 29.6 Å². The van der Waals surface area contributed by atoms with Crippen molar-refractivity contribution in [2.24, 2.45) is 35.3 Å². The first-order chi connectivity index (χ1) is 54.1. The molecule has 28 nitrogen and oxygen atoms in total. The maximum atomic E-state index is 14.9. The smallest absolute Gasteiger partial charge is 0.410 e. The van der Waals surface area contributed by atoms with Gasteiger partial charge in [0.15, 0.2) is 0 Å². The molecule has 2 aromatic rings. The maximum absolute atomic E-state index is 14.9. The second-order valence-corrected chi connectivity index (χ2v) is 33.6. The number of rotatable bonds is 31. The molecule has 4 heterocycles. The summed E-state index contributed by atoms with van der Waals surface area (Å²) < 4.78 is 15.6. The van der Waals surface area contributed by atoms with Gasteiger partial charge in [0.1, 0.15) is 30.8 Å². The molecule has 7 aliphatic rings. The van der Waals surface area contributed by atoms with Gasteiger partial charge in [-0.25, -0.2) is 19.4 Å². The summed E-state index contributed by atoms with van der Waals surface area (Å²) in [6.07, 6.45) is 23.7. The first kappa shape index (κ1) is 89.4. The molecule has 12 atom stereocenters. The Labute approximate surface area is 676 Å². The zero-order valence-electron chi connectivity index (χ0n) is 67.7. The fourth-order valence-corrected chi connectivity index (χ4v) is 18.2. The van der Waals surface area contributed by atoms with Gasteiger partial charge in [-0.05, 0) is 111 Å². The lowest BCUT2D eigenvalue weighted by Crippen LogP contribution is -2.60. The number of anilines is 3. The van der Waals surface area contributed by atoms with Crippen molar-refractivity contribution in [2.45, 2.75) is 185 Å². The van der Waals surface area contributed by atoms with Crippen LogP contribution in [0.1, 0.15) is 137 Å². The summed E-state index contributed by atoms with van der Waals surface area (Å²) in [5.74, 6) is -9.13. The number of fused-ring (bicyclic) bond motifs is 13. The number of carbonyl (C=O) groups excluding carboxylic acids is 13. The fourth-order valence-electron chi connectivity index (χ4n) is 15.3. The minimum absolute atomic E-state index is 0.0188. The number of ether oxygens (including phenoxy) is 3. The first-order valence-corrected chi connectivity index (χ1v) is 40.2. The quantitative estimate of drug-likeness (QED) is 0.0210. The number of urea groups is 1. The van der Waals surface area contributed by atoms with Crippen LogP contribution in [-0.2, 0) is 68.8 Å². The lowest BCUT2D eigenvalue weighted by Gasteiger charge is -2.42. The third-order valence-electron chi connectivity index (χ3n) is 21.7. The van der Waals surface area contributed by atoms with Crippen molar-refractivity contribution >= 4 is 118 Å². The Hall–Kier alpha value is -10.2. The minimum Gasteiger partial charge on any atom is -0.445 e. The molecule has 8 N–H and O–H groups in total. The van der Waals surface area contributed by atoms with Gasteiger partial charge in [-0.1, -0.05) is 153 Å². The number of nitrogens with zero attached hydrogens (tertiary/aromatic N) is 5. The van der Waals surface area contributed by atoms with E-state index < -0.39 is 141 Å².